The fourth-order valence-electron chi connectivity index (χ4n) is 2.56. The molecule has 0 saturated carbocycles. The molecule has 20 heavy (non-hydrogen) atoms. The number of nitrogens with one attached hydrogen (secondary N) is 1. The van der Waals surface area contributed by atoms with E-state index < -0.39 is 11.6 Å². The summed E-state index contributed by atoms with van der Waals surface area (Å²) in [5, 5.41) is 11.6. The number of hydrogen-bond acceptors (Lipinski definition) is 4. The molecule has 0 atom stereocenters. The van der Waals surface area contributed by atoms with Gasteiger partial charge >= 0.3 is 6.03 Å². The first-order valence-electron chi connectivity index (χ1n) is 6.88. The van der Waals surface area contributed by atoms with Crippen molar-refractivity contribution < 1.29 is 19.5 Å². The van der Waals surface area contributed by atoms with Crippen molar-refractivity contribution in [2.45, 2.75) is 32.2 Å². The van der Waals surface area contributed by atoms with Crippen LogP contribution in [0.3, 0.4) is 0 Å². The van der Waals surface area contributed by atoms with Gasteiger partial charge in [0.1, 0.15) is 12.1 Å². The Hall–Kier alpha value is -1.63. The van der Waals surface area contributed by atoms with Gasteiger partial charge in [0.25, 0.3) is 5.91 Å². The average Bonchev–Trinajstić information content (AvgIpc) is 2.61. The summed E-state index contributed by atoms with van der Waals surface area (Å²) in [6.07, 6.45) is 1.52. The predicted octanol–water partition coefficient (Wildman–Crippen LogP) is -0.452. The Kier molecular flexibility index (Phi) is 3.99. The number of urea groups is 1. The van der Waals surface area contributed by atoms with Crippen LogP contribution in [0.5, 0.6) is 0 Å². The van der Waals surface area contributed by atoms with Crippen molar-refractivity contribution in [3.05, 3.63) is 0 Å². The summed E-state index contributed by atoms with van der Waals surface area (Å²) in [7, 11) is 0. The van der Waals surface area contributed by atoms with Crippen LogP contribution in [-0.4, -0.2) is 64.5 Å². The third-order valence-corrected chi connectivity index (χ3v) is 3.96. The van der Waals surface area contributed by atoms with Gasteiger partial charge in [-0.3, -0.25) is 14.5 Å². The lowest BCUT2D eigenvalue weighted by molar-refractivity contribution is -0.139. The molecule has 7 nitrogen and oxygen atoms in total. The average molecular weight is 283 g/mol. The normalized spacial score (nSPS) is 23.1. The van der Waals surface area contributed by atoms with Gasteiger partial charge in [0, 0.05) is 19.7 Å². The number of carbonyl (C=O) groups excluding carboxylic acids is 3. The summed E-state index contributed by atoms with van der Waals surface area (Å²) in [5.74, 6) is -0.349. The Morgan fingerprint density at radius 3 is 2.40 bits per heavy atom. The van der Waals surface area contributed by atoms with Crippen LogP contribution in [0.2, 0.25) is 0 Å². The second kappa shape index (κ2) is 5.40. The zero-order chi connectivity index (χ0) is 14.9. The molecule has 0 spiro atoms. The lowest BCUT2D eigenvalue weighted by Crippen LogP contribution is -2.47. The molecule has 0 aromatic carbocycles. The van der Waals surface area contributed by atoms with Gasteiger partial charge in [-0.2, -0.15) is 0 Å². The number of rotatable bonds is 3. The van der Waals surface area contributed by atoms with Gasteiger partial charge in [-0.05, 0) is 32.6 Å². The highest BCUT2D eigenvalue weighted by molar-refractivity contribution is 6.08. The van der Waals surface area contributed by atoms with Crippen molar-refractivity contribution in [3.63, 3.8) is 0 Å². The van der Waals surface area contributed by atoms with E-state index in [-0.39, 0.29) is 30.9 Å². The lowest BCUT2D eigenvalue weighted by atomic mass is 9.98. The molecule has 2 heterocycles. The Morgan fingerprint density at radius 2 is 1.95 bits per heavy atom. The van der Waals surface area contributed by atoms with Crippen molar-refractivity contribution in [1.82, 2.24) is 15.1 Å². The first kappa shape index (κ1) is 14.8. The number of nitrogens with zero attached hydrogens (tertiary/aromatic N) is 2. The van der Waals surface area contributed by atoms with Gasteiger partial charge in [0.05, 0.1) is 0 Å². The Bertz CT molecular complexity index is 427. The number of hydrogen-bond donors (Lipinski definition) is 2. The highest BCUT2D eigenvalue weighted by atomic mass is 16.3. The summed E-state index contributed by atoms with van der Waals surface area (Å²) < 4.78 is 0. The fourth-order valence-corrected chi connectivity index (χ4v) is 2.56. The minimum atomic E-state index is -0.943. The zero-order valence-corrected chi connectivity index (χ0v) is 11.9. The number of amides is 4. The third-order valence-electron chi connectivity index (χ3n) is 3.96. The van der Waals surface area contributed by atoms with Crippen LogP contribution >= 0.6 is 0 Å². The number of likely N-dealkylation sites (tertiary alicyclic amines) is 1. The smallest absolute Gasteiger partial charge is 0.325 e. The van der Waals surface area contributed by atoms with Gasteiger partial charge in [-0.25, -0.2) is 4.79 Å². The van der Waals surface area contributed by atoms with E-state index in [1.165, 1.54) is 0 Å². The van der Waals surface area contributed by atoms with Gasteiger partial charge in [0.2, 0.25) is 5.91 Å². The summed E-state index contributed by atoms with van der Waals surface area (Å²) >= 11 is 0. The molecule has 0 aliphatic carbocycles. The van der Waals surface area contributed by atoms with Gasteiger partial charge < -0.3 is 15.3 Å². The Labute approximate surface area is 117 Å². The molecule has 0 aromatic rings. The third kappa shape index (κ3) is 2.77. The molecular formula is C13H21N3O4. The largest absolute Gasteiger partial charge is 0.396 e. The first-order valence-corrected chi connectivity index (χ1v) is 6.88. The number of aliphatic hydroxyl groups excluding tert-OH is 1. The number of imide groups is 1. The van der Waals surface area contributed by atoms with Crippen LogP contribution < -0.4 is 5.32 Å². The van der Waals surface area contributed by atoms with E-state index in [2.05, 4.69) is 5.32 Å². The van der Waals surface area contributed by atoms with E-state index in [4.69, 9.17) is 5.11 Å². The van der Waals surface area contributed by atoms with Crippen LogP contribution in [0.15, 0.2) is 0 Å². The topological polar surface area (TPSA) is 90.0 Å². The Morgan fingerprint density at radius 1 is 1.35 bits per heavy atom. The molecule has 0 aromatic heterocycles. The molecule has 2 N–H and O–H groups in total. The van der Waals surface area contributed by atoms with Crippen LogP contribution in [0.4, 0.5) is 4.79 Å². The SMILES string of the molecule is CC1(C)NC(=O)N(CC(=O)N2CCC(CO)CC2)C1=O. The molecule has 2 saturated heterocycles. The van der Waals surface area contributed by atoms with Crippen molar-refractivity contribution >= 4 is 17.8 Å². The van der Waals surface area contributed by atoms with Crippen molar-refractivity contribution in [2.24, 2.45) is 5.92 Å². The quantitative estimate of drug-likeness (QED) is 0.686. The monoisotopic (exact) mass is 283 g/mol. The van der Waals surface area contributed by atoms with Gasteiger partial charge in [-0.1, -0.05) is 0 Å². The van der Waals surface area contributed by atoms with E-state index >= 15 is 0 Å². The summed E-state index contributed by atoms with van der Waals surface area (Å²) in [4.78, 5) is 38.5. The maximum atomic E-state index is 12.1. The van der Waals surface area contributed by atoms with Crippen LogP contribution in [0, 0.1) is 5.92 Å². The number of piperidine rings is 1. The molecular weight excluding hydrogens is 262 g/mol. The molecule has 2 rings (SSSR count). The van der Waals surface area contributed by atoms with Gasteiger partial charge in [0.15, 0.2) is 0 Å². The molecule has 4 amide bonds. The minimum Gasteiger partial charge on any atom is -0.396 e. The summed E-state index contributed by atoms with van der Waals surface area (Å²) in [5.41, 5.74) is -0.943. The zero-order valence-electron chi connectivity index (χ0n) is 11.9. The van der Waals surface area contributed by atoms with E-state index in [9.17, 15) is 14.4 Å². The van der Waals surface area contributed by atoms with Gasteiger partial charge in [-0.15, -0.1) is 0 Å². The van der Waals surface area contributed by atoms with Crippen molar-refractivity contribution in [3.8, 4) is 0 Å². The second-order valence-electron chi connectivity index (χ2n) is 5.95. The predicted molar refractivity (Wildman–Crippen MR) is 70.7 cm³/mol. The van der Waals surface area contributed by atoms with E-state index in [0.717, 1.165) is 17.7 Å². The lowest BCUT2D eigenvalue weighted by Gasteiger charge is -2.31. The number of carbonyl (C=O) groups is 3. The molecule has 0 radical (unpaired) electrons. The molecule has 2 fully saturated rings. The van der Waals surface area contributed by atoms with E-state index in [1.807, 2.05) is 0 Å². The van der Waals surface area contributed by atoms with Crippen LogP contribution in [0.1, 0.15) is 26.7 Å². The van der Waals surface area contributed by atoms with Crippen molar-refractivity contribution in [1.29, 1.82) is 0 Å². The molecule has 0 unspecified atom stereocenters. The number of aliphatic hydroxyl groups is 1. The molecule has 2 aliphatic heterocycles. The Balaban J connectivity index is 1.92. The second-order valence-corrected chi connectivity index (χ2v) is 5.95. The standard InChI is InChI=1S/C13H21N3O4/c1-13(2)11(19)16(12(20)14-13)7-10(18)15-5-3-9(8-17)4-6-15/h9,17H,3-8H2,1-2H3,(H,14,20). The maximum absolute atomic E-state index is 12.1. The highest BCUT2D eigenvalue weighted by Gasteiger charge is 2.45. The van der Waals surface area contributed by atoms with E-state index in [0.29, 0.717) is 13.1 Å². The van der Waals surface area contributed by atoms with Crippen molar-refractivity contribution in [2.75, 3.05) is 26.2 Å². The van der Waals surface area contributed by atoms with Crippen LogP contribution in [0.25, 0.3) is 0 Å². The highest BCUT2D eigenvalue weighted by Crippen LogP contribution is 2.19. The minimum absolute atomic E-state index is 0.142. The fraction of sp³-hybridized carbons (Fsp3) is 0.769. The maximum Gasteiger partial charge on any atom is 0.325 e. The summed E-state index contributed by atoms with van der Waals surface area (Å²) in [6, 6.07) is -0.515. The molecule has 112 valence electrons. The molecule has 7 heteroatoms. The van der Waals surface area contributed by atoms with E-state index in [1.54, 1.807) is 18.7 Å². The molecule has 2 aliphatic rings. The summed E-state index contributed by atoms with van der Waals surface area (Å²) in [6.45, 7) is 4.30. The van der Waals surface area contributed by atoms with Crippen LogP contribution in [-0.2, 0) is 9.59 Å². The first-order chi connectivity index (χ1) is 9.35. The molecule has 0 bridgehead atoms.